The highest BCUT2D eigenvalue weighted by Gasteiger charge is 2.57. The molecule has 2 rings (SSSR count). The fourth-order valence-electron chi connectivity index (χ4n) is 3.05. The molecule has 1 aliphatic heterocycles. The van der Waals surface area contributed by atoms with E-state index in [9.17, 15) is 4.79 Å². The molecule has 0 atom stereocenters. The maximum atomic E-state index is 12.0. The van der Waals surface area contributed by atoms with Crippen molar-refractivity contribution in [2.75, 3.05) is 18.5 Å². The van der Waals surface area contributed by atoms with E-state index in [2.05, 4.69) is 32.9 Å². The van der Waals surface area contributed by atoms with E-state index in [1.54, 1.807) is 0 Å². The van der Waals surface area contributed by atoms with Crippen LogP contribution in [0.3, 0.4) is 0 Å². The van der Waals surface area contributed by atoms with Gasteiger partial charge in [0, 0.05) is 0 Å². The minimum absolute atomic E-state index is 0.00675. The number of ether oxygens (including phenoxy) is 1. The first-order valence-corrected chi connectivity index (χ1v) is 9.32. The van der Waals surface area contributed by atoms with Crippen LogP contribution in [-0.2, 0) is 9.53 Å². The Morgan fingerprint density at radius 2 is 1.74 bits per heavy atom. The fraction of sp³-hybridized carbons (Fsp3) is 0.562. The van der Waals surface area contributed by atoms with E-state index < -0.39 is 7.26 Å². The second kappa shape index (κ2) is 5.25. The summed E-state index contributed by atoms with van der Waals surface area (Å²) in [4.78, 5) is 12.0. The highest BCUT2D eigenvalue weighted by molar-refractivity contribution is 7.90. The molecule has 104 valence electrons. The Kier molecular flexibility index (Phi) is 4.01. The molecule has 3 heteroatoms. The van der Waals surface area contributed by atoms with Crippen LogP contribution in [-0.4, -0.2) is 30.6 Å². The molecule has 0 bridgehead atoms. The standard InChI is InChI=1S/C16H24O2P/c1-11(2)18-15(17)10-19(6-7-19)16-13(4)8-12(3)9-14(16)5/h8-9,11H,6-7,10H2,1-5H3/q+1. The number of rotatable bonds is 4. The van der Waals surface area contributed by atoms with E-state index in [1.165, 1.54) is 34.3 Å². The topological polar surface area (TPSA) is 26.3 Å². The lowest BCUT2D eigenvalue weighted by Gasteiger charge is -2.15. The van der Waals surface area contributed by atoms with Gasteiger partial charge in [0.1, 0.15) is 5.30 Å². The number of hydrogen-bond acceptors (Lipinski definition) is 2. The van der Waals surface area contributed by atoms with Crippen molar-refractivity contribution in [1.29, 1.82) is 0 Å². The van der Waals surface area contributed by atoms with Gasteiger partial charge in [-0.3, -0.25) is 0 Å². The van der Waals surface area contributed by atoms with Gasteiger partial charge < -0.3 is 4.74 Å². The third kappa shape index (κ3) is 3.17. The molecule has 1 saturated heterocycles. The summed E-state index contributed by atoms with van der Waals surface area (Å²) in [7, 11) is -1.23. The fourth-order valence-corrected chi connectivity index (χ4v) is 7.13. The van der Waals surface area contributed by atoms with E-state index in [-0.39, 0.29) is 12.1 Å². The molecule has 0 N–H and O–H groups in total. The molecule has 19 heavy (non-hydrogen) atoms. The number of benzene rings is 1. The predicted molar refractivity (Wildman–Crippen MR) is 83.0 cm³/mol. The van der Waals surface area contributed by atoms with E-state index in [4.69, 9.17) is 4.74 Å². The Morgan fingerprint density at radius 3 is 2.16 bits per heavy atom. The number of carbonyl (C=O) groups is 1. The summed E-state index contributed by atoms with van der Waals surface area (Å²) < 4.78 is 5.34. The van der Waals surface area contributed by atoms with Crippen LogP contribution >= 0.6 is 7.26 Å². The van der Waals surface area contributed by atoms with Crippen molar-refractivity contribution in [2.45, 2.75) is 40.7 Å². The third-order valence-electron chi connectivity index (χ3n) is 3.67. The molecule has 1 aromatic carbocycles. The number of hydrogen-bond donors (Lipinski definition) is 0. The Morgan fingerprint density at radius 1 is 1.21 bits per heavy atom. The lowest BCUT2D eigenvalue weighted by Crippen LogP contribution is -2.21. The van der Waals surface area contributed by atoms with Gasteiger partial charge in [-0.05, 0) is 45.7 Å². The highest BCUT2D eigenvalue weighted by atomic mass is 31.2. The van der Waals surface area contributed by atoms with Crippen LogP contribution in [0.15, 0.2) is 12.1 Å². The van der Waals surface area contributed by atoms with E-state index >= 15 is 0 Å². The summed E-state index contributed by atoms with van der Waals surface area (Å²) >= 11 is 0. The van der Waals surface area contributed by atoms with Gasteiger partial charge >= 0.3 is 5.97 Å². The molecular weight excluding hydrogens is 255 g/mol. The number of aryl methyl sites for hydroxylation is 3. The number of esters is 1. The summed E-state index contributed by atoms with van der Waals surface area (Å²) in [5.41, 5.74) is 4.03. The van der Waals surface area contributed by atoms with Crippen LogP contribution in [0.5, 0.6) is 0 Å². The van der Waals surface area contributed by atoms with Crippen LogP contribution in [0.4, 0.5) is 0 Å². The van der Waals surface area contributed by atoms with Crippen molar-refractivity contribution in [3.63, 3.8) is 0 Å². The SMILES string of the molecule is Cc1cc(C)c([P+]2(CC(=O)OC(C)C)CC2)c(C)c1. The zero-order valence-electron chi connectivity index (χ0n) is 12.6. The van der Waals surface area contributed by atoms with Crippen LogP contribution in [0.25, 0.3) is 0 Å². The highest BCUT2D eigenvalue weighted by Crippen LogP contribution is 2.71. The van der Waals surface area contributed by atoms with Gasteiger partial charge in [0.15, 0.2) is 6.16 Å². The Bertz CT molecular complexity index is 478. The average molecular weight is 279 g/mol. The monoisotopic (exact) mass is 279 g/mol. The maximum absolute atomic E-state index is 12.0. The molecule has 1 aliphatic rings. The summed E-state index contributed by atoms with van der Waals surface area (Å²) in [6, 6.07) is 4.49. The molecule has 2 nitrogen and oxygen atoms in total. The quantitative estimate of drug-likeness (QED) is 0.625. The first-order chi connectivity index (χ1) is 8.84. The van der Waals surface area contributed by atoms with Crippen LogP contribution in [0.2, 0.25) is 0 Å². The molecule has 0 aromatic heterocycles. The van der Waals surface area contributed by atoms with Gasteiger partial charge in [0.25, 0.3) is 0 Å². The molecule has 0 unspecified atom stereocenters. The number of carbonyl (C=O) groups excluding carboxylic acids is 1. The smallest absolute Gasteiger partial charge is 0.344 e. The Hall–Kier alpha value is -0.880. The van der Waals surface area contributed by atoms with Crippen LogP contribution in [0, 0.1) is 20.8 Å². The van der Waals surface area contributed by atoms with Crippen molar-refractivity contribution in [1.82, 2.24) is 0 Å². The summed E-state index contributed by atoms with van der Waals surface area (Å²) in [6.07, 6.45) is 3.05. The molecule has 0 amide bonds. The predicted octanol–water partition coefficient (Wildman–Crippen LogP) is 3.22. The molecule has 0 saturated carbocycles. The van der Waals surface area contributed by atoms with E-state index in [0.29, 0.717) is 6.16 Å². The van der Waals surface area contributed by atoms with Gasteiger partial charge in [-0.25, -0.2) is 4.79 Å². The van der Waals surface area contributed by atoms with E-state index in [1.807, 2.05) is 13.8 Å². The largest absolute Gasteiger partial charge is 0.460 e. The first kappa shape index (κ1) is 14.5. The first-order valence-electron chi connectivity index (χ1n) is 6.98. The average Bonchev–Trinajstić information content (AvgIpc) is 2.94. The van der Waals surface area contributed by atoms with Crippen LogP contribution in [0.1, 0.15) is 30.5 Å². The second-order valence-electron chi connectivity index (χ2n) is 6.04. The van der Waals surface area contributed by atoms with Crippen LogP contribution < -0.4 is 5.30 Å². The minimum atomic E-state index is -1.23. The molecule has 1 heterocycles. The maximum Gasteiger partial charge on any atom is 0.344 e. The molecule has 0 radical (unpaired) electrons. The zero-order valence-corrected chi connectivity index (χ0v) is 13.5. The zero-order chi connectivity index (χ0) is 14.2. The van der Waals surface area contributed by atoms with Crippen molar-refractivity contribution in [2.24, 2.45) is 0 Å². The second-order valence-corrected chi connectivity index (χ2v) is 9.98. The molecule has 1 fully saturated rings. The van der Waals surface area contributed by atoms with Gasteiger partial charge in [-0.1, -0.05) is 17.7 Å². The molecule has 0 spiro atoms. The third-order valence-corrected chi connectivity index (χ3v) is 7.72. The lowest BCUT2D eigenvalue weighted by molar-refractivity contribution is -0.144. The minimum Gasteiger partial charge on any atom is -0.460 e. The van der Waals surface area contributed by atoms with Crippen molar-refractivity contribution >= 4 is 18.5 Å². The Balaban J connectivity index is 2.24. The summed E-state index contributed by atoms with van der Waals surface area (Å²) in [5.74, 6) is -0.0137. The van der Waals surface area contributed by atoms with Gasteiger partial charge in [-0.2, -0.15) is 0 Å². The molecule has 1 aromatic rings. The lowest BCUT2D eigenvalue weighted by atomic mass is 10.1. The van der Waals surface area contributed by atoms with Crippen molar-refractivity contribution in [3.8, 4) is 0 Å². The van der Waals surface area contributed by atoms with E-state index in [0.717, 1.165) is 0 Å². The normalized spacial score (nSPS) is 16.5. The van der Waals surface area contributed by atoms with Gasteiger partial charge in [0.05, 0.1) is 25.7 Å². The molecular formula is C16H24O2P+. The Labute approximate surface area is 116 Å². The van der Waals surface area contributed by atoms with Crippen molar-refractivity contribution in [3.05, 3.63) is 28.8 Å². The van der Waals surface area contributed by atoms with Gasteiger partial charge in [-0.15, -0.1) is 0 Å². The van der Waals surface area contributed by atoms with Crippen molar-refractivity contribution < 1.29 is 9.53 Å². The summed E-state index contributed by atoms with van der Waals surface area (Å²) in [5, 5.41) is 1.49. The van der Waals surface area contributed by atoms with Gasteiger partial charge in [0.2, 0.25) is 0 Å². The summed E-state index contributed by atoms with van der Waals surface area (Å²) in [6.45, 7) is 10.3. The molecule has 0 aliphatic carbocycles.